The summed E-state index contributed by atoms with van der Waals surface area (Å²) in [6.45, 7) is 2.70. The normalized spacial score (nSPS) is 11.2. The number of nitrogens with one attached hydrogen (secondary N) is 2. The molecule has 0 aliphatic carbocycles. The molecule has 0 fully saturated rings. The predicted molar refractivity (Wildman–Crippen MR) is 110 cm³/mol. The van der Waals surface area contributed by atoms with E-state index in [1.807, 2.05) is 13.0 Å². The fraction of sp³-hybridized carbons (Fsp3) is 0.250. The Labute approximate surface area is 165 Å². The highest BCUT2D eigenvalue weighted by Crippen LogP contribution is 2.28. The van der Waals surface area contributed by atoms with E-state index >= 15 is 0 Å². The maximum absolute atomic E-state index is 12.1. The van der Waals surface area contributed by atoms with Crippen LogP contribution in [0.1, 0.15) is 18.1 Å². The molecule has 0 radical (unpaired) electrons. The molecule has 0 spiro atoms. The Morgan fingerprint density at radius 2 is 1.93 bits per heavy atom. The lowest BCUT2D eigenvalue weighted by molar-refractivity contribution is -0.116. The van der Waals surface area contributed by atoms with Gasteiger partial charge in [-0.05, 0) is 48.4 Å². The van der Waals surface area contributed by atoms with E-state index in [2.05, 4.69) is 10.0 Å². The van der Waals surface area contributed by atoms with Gasteiger partial charge in [-0.25, -0.2) is 8.42 Å². The summed E-state index contributed by atoms with van der Waals surface area (Å²) < 4.78 is 35.7. The lowest BCUT2D eigenvalue weighted by Gasteiger charge is -2.09. The second-order valence-electron chi connectivity index (χ2n) is 5.97. The summed E-state index contributed by atoms with van der Waals surface area (Å²) in [5, 5.41) is 2.76. The zero-order valence-corrected chi connectivity index (χ0v) is 16.9. The Hall–Kier alpha value is -3.00. The van der Waals surface area contributed by atoms with Gasteiger partial charge in [0, 0.05) is 18.3 Å². The molecule has 2 N–H and O–H groups in total. The van der Waals surface area contributed by atoms with Gasteiger partial charge in [0.25, 0.3) is 0 Å². The van der Waals surface area contributed by atoms with E-state index < -0.39 is 10.0 Å². The number of anilines is 1. The molecule has 8 heteroatoms. The van der Waals surface area contributed by atoms with E-state index in [9.17, 15) is 13.2 Å². The number of hydrogen-bond donors (Lipinski definition) is 2. The van der Waals surface area contributed by atoms with Crippen LogP contribution < -0.4 is 19.5 Å². The maximum atomic E-state index is 12.1. The van der Waals surface area contributed by atoms with Crippen molar-refractivity contribution in [3.05, 3.63) is 59.7 Å². The van der Waals surface area contributed by atoms with Gasteiger partial charge in [-0.2, -0.15) is 0 Å². The number of carbonyl (C=O) groups excluding carboxylic acids is 1. The molecule has 2 aromatic carbocycles. The van der Waals surface area contributed by atoms with Gasteiger partial charge in [0.2, 0.25) is 15.9 Å². The van der Waals surface area contributed by atoms with Gasteiger partial charge in [0.15, 0.2) is 11.5 Å². The molecular weight excluding hydrogens is 380 g/mol. The van der Waals surface area contributed by atoms with Crippen LogP contribution >= 0.6 is 0 Å². The van der Waals surface area contributed by atoms with Gasteiger partial charge in [0.1, 0.15) is 0 Å². The third-order valence-electron chi connectivity index (χ3n) is 3.61. The minimum absolute atomic E-state index is 0.269. The van der Waals surface area contributed by atoms with Crippen molar-refractivity contribution >= 4 is 27.7 Å². The zero-order chi connectivity index (χ0) is 20.6. The zero-order valence-electron chi connectivity index (χ0n) is 16.1. The van der Waals surface area contributed by atoms with Crippen molar-refractivity contribution in [1.82, 2.24) is 5.32 Å². The van der Waals surface area contributed by atoms with E-state index in [0.717, 1.165) is 17.4 Å². The molecule has 2 aromatic rings. The Balaban J connectivity index is 1.96. The highest BCUT2D eigenvalue weighted by molar-refractivity contribution is 7.92. The predicted octanol–water partition coefficient (Wildman–Crippen LogP) is 2.80. The summed E-state index contributed by atoms with van der Waals surface area (Å²) >= 11 is 0. The van der Waals surface area contributed by atoms with Crippen LogP contribution in [0, 0.1) is 0 Å². The molecule has 0 aromatic heterocycles. The van der Waals surface area contributed by atoms with Crippen molar-refractivity contribution in [1.29, 1.82) is 0 Å². The SMILES string of the molecule is CCOc1ccc(/C=C/C(=O)NCc2cccc(NS(C)(=O)=O)c2)cc1OC. The quantitative estimate of drug-likeness (QED) is 0.627. The highest BCUT2D eigenvalue weighted by atomic mass is 32.2. The van der Waals surface area contributed by atoms with Crippen molar-refractivity contribution in [3.63, 3.8) is 0 Å². The number of hydrogen-bond acceptors (Lipinski definition) is 5. The van der Waals surface area contributed by atoms with Crippen molar-refractivity contribution in [3.8, 4) is 11.5 Å². The van der Waals surface area contributed by atoms with Crippen LogP contribution in [0.2, 0.25) is 0 Å². The molecule has 28 heavy (non-hydrogen) atoms. The van der Waals surface area contributed by atoms with E-state index in [1.165, 1.54) is 6.08 Å². The first-order chi connectivity index (χ1) is 13.3. The summed E-state index contributed by atoms with van der Waals surface area (Å²) in [5.41, 5.74) is 2.03. The highest BCUT2D eigenvalue weighted by Gasteiger charge is 2.05. The van der Waals surface area contributed by atoms with Gasteiger partial charge in [0.05, 0.1) is 20.0 Å². The minimum Gasteiger partial charge on any atom is -0.493 e. The maximum Gasteiger partial charge on any atom is 0.244 e. The average molecular weight is 404 g/mol. The monoisotopic (exact) mass is 404 g/mol. The molecule has 0 bridgehead atoms. The van der Waals surface area contributed by atoms with Crippen LogP contribution in [0.3, 0.4) is 0 Å². The number of sulfonamides is 1. The summed E-state index contributed by atoms with van der Waals surface area (Å²) in [6.07, 6.45) is 4.19. The van der Waals surface area contributed by atoms with Gasteiger partial charge < -0.3 is 14.8 Å². The molecule has 0 aliphatic heterocycles. The lowest BCUT2D eigenvalue weighted by atomic mass is 10.2. The number of ether oxygens (including phenoxy) is 2. The molecule has 150 valence electrons. The number of amides is 1. The van der Waals surface area contributed by atoms with Crippen molar-refractivity contribution in [2.24, 2.45) is 0 Å². The van der Waals surface area contributed by atoms with Crippen LogP contribution in [0.15, 0.2) is 48.5 Å². The molecule has 0 atom stereocenters. The molecule has 2 rings (SSSR count). The number of carbonyl (C=O) groups is 1. The Morgan fingerprint density at radius 3 is 2.61 bits per heavy atom. The number of methoxy groups -OCH3 is 1. The first-order valence-electron chi connectivity index (χ1n) is 8.64. The van der Waals surface area contributed by atoms with Gasteiger partial charge in [-0.1, -0.05) is 18.2 Å². The summed E-state index contributed by atoms with van der Waals surface area (Å²) in [4.78, 5) is 12.1. The Kier molecular flexibility index (Phi) is 7.45. The minimum atomic E-state index is -3.34. The molecule has 0 saturated heterocycles. The van der Waals surface area contributed by atoms with E-state index in [0.29, 0.717) is 23.8 Å². The van der Waals surface area contributed by atoms with E-state index in [-0.39, 0.29) is 12.5 Å². The topological polar surface area (TPSA) is 93.7 Å². The fourth-order valence-electron chi connectivity index (χ4n) is 2.44. The second kappa shape index (κ2) is 9.80. The van der Waals surface area contributed by atoms with Crippen LogP contribution in [0.5, 0.6) is 11.5 Å². The third kappa shape index (κ3) is 6.96. The molecule has 0 saturated carbocycles. The standard InChI is InChI=1S/C20H24N2O5S/c1-4-27-18-10-8-15(13-19(18)26-2)9-11-20(23)21-14-16-6-5-7-17(12-16)22-28(3,24)25/h5-13,22H,4,14H2,1-3H3,(H,21,23)/b11-9+. The van der Waals surface area contributed by atoms with Crippen LogP contribution in [-0.4, -0.2) is 34.3 Å². The first-order valence-corrected chi connectivity index (χ1v) is 10.5. The summed E-state index contributed by atoms with van der Waals surface area (Å²) in [5.74, 6) is 0.975. The molecule has 7 nitrogen and oxygen atoms in total. The number of rotatable bonds is 9. The van der Waals surface area contributed by atoms with Crippen LogP contribution in [-0.2, 0) is 21.4 Å². The van der Waals surface area contributed by atoms with Crippen LogP contribution in [0.25, 0.3) is 6.08 Å². The van der Waals surface area contributed by atoms with Crippen LogP contribution in [0.4, 0.5) is 5.69 Å². The lowest BCUT2D eigenvalue weighted by Crippen LogP contribution is -2.20. The molecule has 0 unspecified atom stereocenters. The van der Waals surface area contributed by atoms with E-state index in [1.54, 1.807) is 49.6 Å². The van der Waals surface area contributed by atoms with Crippen molar-refractivity contribution in [2.75, 3.05) is 24.7 Å². The smallest absolute Gasteiger partial charge is 0.244 e. The summed E-state index contributed by atoms with van der Waals surface area (Å²) in [7, 11) is -1.78. The Morgan fingerprint density at radius 1 is 1.14 bits per heavy atom. The second-order valence-corrected chi connectivity index (χ2v) is 7.72. The van der Waals surface area contributed by atoms with Crippen molar-refractivity contribution < 1.29 is 22.7 Å². The fourth-order valence-corrected chi connectivity index (χ4v) is 3.00. The number of benzene rings is 2. The molecular formula is C20H24N2O5S. The average Bonchev–Trinajstić information content (AvgIpc) is 2.64. The summed E-state index contributed by atoms with van der Waals surface area (Å²) in [6, 6.07) is 12.2. The molecule has 0 aliphatic rings. The van der Waals surface area contributed by atoms with Crippen molar-refractivity contribution in [2.45, 2.75) is 13.5 Å². The third-order valence-corrected chi connectivity index (χ3v) is 4.22. The van der Waals surface area contributed by atoms with Gasteiger partial charge in [-0.3, -0.25) is 9.52 Å². The first kappa shape index (κ1) is 21.3. The molecule has 1 amide bonds. The van der Waals surface area contributed by atoms with Gasteiger partial charge in [-0.15, -0.1) is 0 Å². The molecule has 0 heterocycles. The van der Waals surface area contributed by atoms with Gasteiger partial charge >= 0.3 is 0 Å². The van der Waals surface area contributed by atoms with E-state index in [4.69, 9.17) is 9.47 Å². The Bertz CT molecular complexity index is 955. The largest absolute Gasteiger partial charge is 0.493 e.